The summed E-state index contributed by atoms with van der Waals surface area (Å²) in [6.07, 6.45) is 2.32. The Kier molecular flexibility index (Phi) is 6.63. The SMILES string of the molecule is O=C(NCCCN1CCN(c2ccccc2)CC1)c1noc2ncnc(N3CCOCC3)c12. The Labute approximate surface area is 192 Å². The van der Waals surface area contributed by atoms with Crippen LogP contribution in [0.1, 0.15) is 16.9 Å². The number of rotatable bonds is 7. The highest BCUT2D eigenvalue weighted by Gasteiger charge is 2.25. The van der Waals surface area contributed by atoms with E-state index in [4.69, 9.17) is 9.26 Å². The van der Waals surface area contributed by atoms with Crippen molar-refractivity contribution in [3.63, 3.8) is 0 Å². The Balaban J connectivity index is 1.12. The first-order valence-electron chi connectivity index (χ1n) is 11.5. The van der Waals surface area contributed by atoms with Crippen molar-refractivity contribution in [3.8, 4) is 0 Å². The predicted molar refractivity (Wildman–Crippen MR) is 125 cm³/mol. The third-order valence-electron chi connectivity index (χ3n) is 6.21. The van der Waals surface area contributed by atoms with E-state index in [1.165, 1.54) is 12.0 Å². The molecule has 174 valence electrons. The number of para-hydroxylation sites is 1. The molecule has 2 saturated heterocycles. The van der Waals surface area contributed by atoms with Crippen molar-refractivity contribution in [1.82, 2.24) is 25.3 Å². The highest BCUT2D eigenvalue weighted by Crippen LogP contribution is 2.27. The van der Waals surface area contributed by atoms with Gasteiger partial charge in [0.15, 0.2) is 5.69 Å². The van der Waals surface area contributed by atoms with E-state index in [-0.39, 0.29) is 11.6 Å². The van der Waals surface area contributed by atoms with Crippen LogP contribution in [0.2, 0.25) is 0 Å². The summed E-state index contributed by atoms with van der Waals surface area (Å²) in [6.45, 7) is 8.27. The Morgan fingerprint density at radius 2 is 1.76 bits per heavy atom. The van der Waals surface area contributed by atoms with Gasteiger partial charge in [0.1, 0.15) is 17.5 Å². The van der Waals surface area contributed by atoms with Crippen molar-refractivity contribution in [1.29, 1.82) is 0 Å². The van der Waals surface area contributed by atoms with Gasteiger partial charge in [-0.2, -0.15) is 4.98 Å². The number of anilines is 2. The van der Waals surface area contributed by atoms with Crippen molar-refractivity contribution in [2.75, 3.05) is 75.4 Å². The van der Waals surface area contributed by atoms with Crippen LogP contribution >= 0.6 is 0 Å². The molecular formula is C23H29N7O3. The molecule has 5 rings (SSSR count). The number of amides is 1. The van der Waals surface area contributed by atoms with Crippen LogP contribution in [0.4, 0.5) is 11.5 Å². The number of fused-ring (bicyclic) bond motifs is 1. The average Bonchev–Trinajstić information content (AvgIpc) is 3.32. The van der Waals surface area contributed by atoms with Gasteiger partial charge in [-0.25, -0.2) is 4.98 Å². The number of carbonyl (C=O) groups is 1. The molecule has 2 aromatic heterocycles. The number of nitrogens with zero attached hydrogens (tertiary/aromatic N) is 6. The molecule has 0 bridgehead atoms. The van der Waals surface area contributed by atoms with Gasteiger partial charge in [0.05, 0.1) is 13.2 Å². The number of aromatic nitrogens is 3. The summed E-state index contributed by atoms with van der Waals surface area (Å²) in [5.74, 6) is 0.415. The maximum absolute atomic E-state index is 12.9. The van der Waals surface area contributed by atoms with Gasteiger partial charge in [0.2, 0.25) is 0 Å². The largest absolute Gasteiger partial charge is 0.378 e. The van der Waals surface area contributed by atoms with E-state index in [1.54, 1.807) is 0 Å². The Bertz CT molecular complexity index is 1060. The zero-order valence-corrected chi connectivity index (χ0v) is 18.7. The van der Waals surface area contributed by atoms with E-state index in [9.17, 15) is 4.79 Å². The van der Waals surface area contributed by atoms with Gasteiger partial charge in [-0.05, 0) is 25.1 Å². The van der Waals surface area contributed by atoms with Crippen LogP contribution in [0, 0.1) is 0 Å². The third-order valence-corrected chi connectivity index (χ3v) is 6.21. The molecule has 1 N–H and O–H groups in total. The molecule has 0 atom stereocenters. The number of hydrogen-bond donors (Lipinski definition) is 1. The number of piperazine rings is 1. The first kappa shape index (κ1) is 21.6. The smallest absolute Gasteiger partial charge is 0.274 e. The number of morpholine rings is 1. The van der Waals surface area contributed by atoms with Crippen molar-refractivity contribution in [2.24, 2.45) is 0 Å². The normalized spacial score (nSPS) is 17.5. The number of benzene rings is 1. The summed E-state index contributed by atoms with van der Waals surface area (Å²) in [5, 5.41) is 7.54. The Hall–Kier alpha value is -3.24. The second kappa shape index (κ2) is 10.1. The van der Waals surface area contributed by atoms with E-state index in [0.717, 1.165) is 39.1 Å². The number of nitrogens with one attached hydrogen (secondary N) is 1. The molecular weight excluding hydrogens is 422 g/mol. The quantitative estimate of drug-likeness (QED) is 0.534. The van der Waals surface area contributed by atoms with E-state index in [1.807, 2.05) is 6.07 Å². The highest BCUT2D eigenvalue weighted by molar-refractivity contribution is 6.07. The number of hydrogen-bond acceptors (Lipinski definition) is 9. The first-order valence-corrected chi connectivity index (χ1v) is 11.5. The van der Waals surface area contributed by atoms with Crippen molar-refractivity contribution in [3.05, 3.63) is 42.4 Å². The van der Waals surface area contributed by atoms with Crippen molar-refractivity contribution >= 4 is 28.5 Å². The van der Waals surface area contributed by atoms with Gasteiger partial charge in [-0.3, -0.25) is 9.69 Å². The van der Waals surface area contributed by atoms with E-state index < -0.39 is 0 Å². The lowest BCUT2D eigenvalue weighted by molar-refractivity contribution is 0.0944. The van der Waals surface area contributed by atoms with Crippen LogP contribution in [0.25, 0.3) is 11.1 Å². The Morgan fingerprint density at radius 3 is 2.55 bits per heavy atom. The maximum Gasteiger partial charge on any atom is 0.274 e. The molecule has 0 unspecified atom stereocenters. The molecule has 10 nitrogen and oxygen atoms in total. The topological polar surface area (TPSA) is 99.9 Å². The average molecular weight is 452 g/mol. The van der Waals surface area contributed by atoms with Gasteiger partial charge in [0.25, 0.3) is 11.6 Å². The molecule has 1 amide bonds. The molecule has 2 aliphatic rings. The van der Waals surface area contributed by atoms with E-state index in [0.29, 0.717) is 49.8 Å². The van der Waals surface area contributed by atoms with Crippen LogP contribution < -0.4 is 15.1 Å². The molecule has 2 fully saturated rings. The van der Waals surface area contributed by atoms with Gasteiger partial charge < -0.3 is 24.4 Å². The van der Waals surface area contributed by atoms with Crippen LogP contribution in [0.3, 0.4) is 0 Å². The van der Waals surface area contributed by atoms with Crippen molar-refractivity contribution < 1.29 is 14.1 Å². The highest BCUT2D eigenvalue weighted by atomic mass is 16.5. The van der Waals surface area contributed by atoms with Crippen LogP contribution in [0.15, 0.2) is 41.2 Å². The molecule has 0 aliphatic carbocycles. The molecule has 0 spiro atoms. The minimum Gasteiger partial charge on any atom is -0.378 e. The van der Waals surface area contributed by atoms with Gasteiger partial charge in [0, 0.05) is 51.5 Å². The lowest BCUT2D eigenvalue weighted by Crippen LogP contribution is -2.47. The van der Waals surface area contributed by atoms with Gasteiger partial charge in [-0.15, -0.1) is 0 Å². The molecule has 33 heavy (non-hydrogen) atoms. The zero-order valence-electron chi connectivity index (χ0n) is 18.7. The fourth-order valence-electron chi connectivity index (χ4n) is 4.40. The van der Waals surface area contributed by atoms with E-state index >= 15 is 0 Å². The fourth-order valence-corrected chi connectivity index (χ4v) is 4.40. The summed E-state index contributed by atoms with van der Waals surface area (Å²) in [5.41, 5.74) is 1.85. The summed E-state index contributed by atoms with van der Waals surface area (Å²) >= 11 is 0. The summed E-state index contributed by atoms with van der Waals surface area (Å²) in [6, 6.07) is 10.5. The minimum absolute atomic E-state index is 0.239. The second-order valence-corrected chi connectivity index (χ2v) is 8.28. The first-order chi connectivity index (χ1) is 16.3. The number of carbonyl (C=O) groups excluding carboxylic acids is 1. The summed E-state index contributed by atoms with van der Waals surface area (Å²) in [4.78, 5) is 28.3. The molecule has 1 aromatic carbocycles. The predicted octanol–water partition coefficient (Wildman–Crippen LogP) is 1.40. The van der Waals surface area contributed by atoms with Gasteiger partial charge >= 0.3 is 0 Å². The standard InChI is InChI=1S/C23H29N7O3/c31-22(20-19-21(30-13-15-32-16-14-30)25-17-26-23(19)33-27-20)24-7-4-8-28-9-11-29(12-10-28)18-5-2-1-3-6-18/h1-3,5-6,17H,4,7-16H2,(H,24,31). The lowest BCUT2D eigenvalue weighted by Gasteiger charge is -2.36. The fraction of sp³-hybridized carbons (Fsp3) is 0.478. The molecule has 10 heteroatoms. The molecule has 2 aliphatic heterocycles. The van der Waals surface area contributed by atoms with Crippen LogP contribution in [-0.4, -0.2) is 91.5 Å². The zero-order chi connectivity index (χ0) is 22.5. The minimum atomic E-state index is -0.257. The molecule has 0 radical (unpaired) electrons. The van der Waals surface area contributed by atoms with Crippen LogP contribution in [0.5, 0.6) is 0 Å². The summed E-state index contributed by atoms with van der Waals surface area (Å²) < 4.78 is 10.7. The summed E-state index contributed by atoms with van der Waals surface area (Å²) in [7, 11) is 0. The molecule has 0 saturated carbocycles. The Morgan fingerprint density at radius 1 is 0.970 bits per heavy atom. The third kappa shape index (κ3) is 4.91. The lowest BCUT2D eigenvalue weighted by atomic mass is 10.2. The van der Waals surface area contributed by atoms with E-state index in [2.05, 4.69) is 59.4 Å². The van der Waals surface area contributed by atoms with Gasteiger partial charge in [-0.1, -0.05) is 23.4 Å². The van der Waals surface area contributed by atoms with Crippen LogP contribution in [-0.2, 0) is 4.74 Å². The second-order valence-electron chi connectivity index (χ2n) is 8.28. The van der Waals surface area contributed by atoms with Crippen molar-refractivity contribution in [2.45, 2.75) is 6.42 Å². The number of ether oxygens (including phenoxy) is 1. The maximum atomic E-state index is 12.9. The molecule has 3 aromatic rings. The monoisotopic (exact) mass is 451 g/mol. The molecule has 4 heterocycles.